The molecule has 1 fully saturated rings. The van der Waals surface area contributed by atoms with Crippen LogP contribution in [0.3, 0.4) is 0 Å². The van der Waals surface area contributed by atoms with Crippen molar-refractivity contribution in [3.05, 3.63) is 0 Å². The molecule has 114 valence electrons. The van der Waals surface area contributed by atoms with Crippen molar-refractivity contribution in [2.24, 2.45) is 16.9 Å². The fourth-order valence-electron chi connectivity index (χ4n) is 3.41. The van der Waals surface area contributed by atoms with Crippen LogP contribution in [-0.4, -0.2) is 28.6 Å². The fraction of sp³-hybridized carbons (Fsp3) is 0.875. The molecule has 0 amide bonds. The van der Waals surface area contributed by atoms with Gasteiger partial charge in [0.2, 0.25) is 0 Å². The van der Waals surface area contributed by atoms with E-state index in [9.17, 15) is 5.11 Å². The van der Waals surface area contributed by atoms with Crippen molar-refractivity contribution in [1.82, 2.24) is 0 Å². The lowest BCUT2D eigenvalue weighted by molar-refractivity contribution is -0.615. The second kappa shape index (κ2) is 6.70. The second-order valence-corrected chi connectivity index (χ2v) is 6.63. The topological polar surface area (TPSA) is 47.7 Å². The van der Waals surface area contributed by atoms with Gasteiger partial charge in [-0.2, -0.15) is 0 Å². The van der Waals surface area contributed by atoms with Crippen LogP contribution in [0.25, 0.3) is 0 Å². The molecule has 0 N–H and O–H groups in total. The van der Waals surface area contributed by atoms with Crippen LogP contribution in [0.4, 0.5) is 0 Å². The first-order chi connectivity index (χ1) is 9.49. The van der Waals surface area contributed by atoms with Crippen molar-refractivity contribution in [1.29, 1.82) is 0 Å². The Balaban J connectivity index is 2.17. The number of hydrogen-bond acceptors (Lipinski definition) is 3. The van der Waals surface area contributed by atoms with E-state index < -0.39 is 0 Å². The van der Waals surface area contributed by atoms with E-state index in [2.05, 4.69) is 32.8 Å². The van der Waals surface area contributed by atoms with Gasteiger partial charge in [0.1, 0.15) is 0 Å². The Morgan fingerprint density at radius 1 is 1.15 bits per heavy atom. The molecule has 2 rings (SSSR count). The Morgan fingerprint density at radius 3 is 2.30 bits per heavy atom. The van der Waals surface area contributed by atoms with Gasteiger partial charge in [-0.05, 0) is 17.9 Å². The minimum atomic E-state index is -0.176. The van der Waals surface area contributed by atoms with Crippen molar-refractivity contribution in [3.63, 3.8) is 0 Å². The maximum Gasteiger partial charge on any atom is 0.292 e. The second-order valence-electron chi connectivity index (χ2n) is 6.63. The quantitative estimate of drug-likeness (QED) is 0.743. The Morgan fingerprint density at radius 2 is 1.75 bits per heavy atom. The minimum Gasteiger partial charge on any atom is -0.857 e. The van der Waals surface area contributed by atoms with Gasteiger partial charge in [-0.15, -0.1) is 0 Å². The summed E-state index contributed by atoms with van der Waals surface area (Å²) in [6.45, 7) is 8.63. The monoisotopic (exact) mass is 280 g/mol. The highest BCUT2D eigenvalue weighted by Gasteiger charge is 2.36. The third kappa shape index (κ3) is 3.60. The van der Waals surface area contributed by atoms with Crippen LogP contribution in [-0.2, 0) is 4.74 Å². The van der Waals surface area contributed by atoms with E-state index in [4.69, 9.17) is 4.74 Å². The summed E-state index contributed by atoms with van der Waals surface area (Å²) in [6, 6.07) is 0. The average molecular weight is 280 g/mol. The first-order valence-corrected chi connectivity index (χ1v) is 8.05. The molecule has 4 heteroatoms. The first-order valence-electron chi connectivity index (χ1n) is 8.05. The van der Waals surface area contributed by atoms with Crippen LogP contribution in [0.15, 0.2) is 5.10 Å². The third-order valence-electron chi connectivity index (χ3n) is 4.19. The number of ether oxygens (including phenoxy) is 1. The van der Waals surface area contributed by atoms with E-state index in [1.165, 1.54) is 25.0 Å². The van der Waals surface area contributed by atoms with Gasteiger partial charge in [0.05, 0.1) is 12.5 Å². The molecule has 0 bridgehead atoms. The van der Waals surface area contributed by atoms with Crippen molar-refractivity contribution in [2.45, 2.75) is 78.6 Å². The lowest BCUT2D eigenvalue weighted by atomic mass is 9.96. The molecule has 2 aliphatic rings. The van der Waals surface area contributed by atoms with E-state index in [-0.39, 0.29) is 12.1 Å². The van der Waals surface area contributed by atoms with E-state index >= 15 is 0 Å². The van der Waals surface area contributed by atoms with Crippen LogP contribution in [0.5, 0.6) is 0 Å². The highest BCUT2D eigenvalue weighted by atomic mass is 16.5. The maximum atomic E-state index is 11.8. The summed E-state index contributed by atoms with van der Waals surface area (Å²) in [4.78, 5) is 0. The molecule has 20 heavy (non-hydrogen) atoms. The van der Waals surface area contributed by atoms with Crippen molar-refractivity contribution >= 4 is 11.6 Å². The third-order valence-corrected chi connectivity index (χ3v) is 4.19. The molecular weight excluding hydrogens is 252 g/mol. The van der Waals surface area contributed by atoms with Gasteiger partial charge >= 0.3 is 0 Å². The van der Waals surface area contributed by atoms with Crippen molar-refractivity contribution in [2.75, 3.05) is 0 Å². The van der Waals surface area contributed by atoms with Crippen LogP contribution in [0, 0.1) is 11.8 Å². The molecule has 0 spiro atoms. The van der Waals surface area contributed by atoms with Gasteiger partial charge in [-0.25, -0.2) is 0 Å². The number of hydrazone groups is 1. The fourth-order valence-corrected chi connectivity index (χ4v) is 3.41. The van der Waals surface area contributed by atoms with Crippen LogP contribution >= 0.6 is 0 Å². The van der Waals surface area contributed by atoms with Gasteiger partial charge in [0, 0.05) is 17.7 Å². The van der Waals surface area contributed by atoms with Crippen LogP contribution < -0.4 is 5.11 Å². The Hall–Kier alpha value is -0.900. The molecule has 0 radical (unpaired) electrons. The molecule has 1 atom stereocenters. The largest absolute Gasteiger partial charge is 0.857 e. The maximum absolute atomic E-state index is 11.8. The summed E-state index contributed by atoms with van der Waals surface area (Å²) in [5, 5.41) is 16.0. The normalized spacial score (nSPS) is 24.6. The Labute approximate surface area is 122 Å². The summed E-state index contributed by atoms with van der Waals surface area (Å²) < 4.78 is 8.09. The van der Waals surface area contributed by atoms with E-state index in [0.717, 1.165) is 12.8 Å². The van der Waals surface area contributed by atoms with E-state index in [0.29, 0.717) is 24.4 Å². The molecule has 0 aromatic heterocycles. The number of hydrogen-bond donors (Lipinski definition) is 0. The molecule has 1 saturated carbocycles. The molecule has 0 saturated heterocycles. The Kier molecular flexibility index (Phi) is 5.19. The molecule has 1 aliphatic heterocycles. The highest BCUT2D eigenvalue weighted by molar-refractivity contribution is 5.84. The number of nitrogens with zero attached hydrogens (tertiary/aromatic N) is 2. The van der Waals surface area contributed by atoms with Gasteiger partial charge in [-0.1, -0.05) is 51.6 Å². The van der Waals surface area contributed by atoms with E-state index in [1.807, 2.05) is 4.68 Å². The standard InChI is InChI=1S/C16H28N2O2/c1-11(2)16(12(3)4)18-15(10-14(19)17-18)20-13-8-6-5-7-9-13/h11-13,15H,5-10H2,1-4H3. The smallest absolute Gasteiger partial charge is 0.292 e. The molecule has 0 aromatic rings. The van der Waals surface area contributed by atoms with Gasteiger partial charge in [0.25, 0.3) is 6.23 Å². The zero-order valence-electron chi connectivity index (χ0n) is 13.3. The summed E-state index contributed by atoms with van der Waals surface area (Å²) >= 11 is 0. The molecule has 1 heterocycles. The van der Waals surface area contributed by atoms with Crippen LogP contribution in [0.1, 0.15) is 66.2 Å². The number of rotatable bonds is 4. The zero-order valence-corrected chi connectivity index (χ0v) is 13.3. The van der Waals surface area contributed by atoms with Crippen LogP contribution in [0.2, 0.25) is 0 Å². The van der Waals surface area contributed by atoms with Gasteiger partial charge < -0.3 is 9.84 Å². The van der Waals surface area contributed by atoms with Crippen molar-refractivity contribution in [3.8, 4) is 0 Å². The summed E-state index contributed by atoms with van der Waals surface area (Å²) in [5.74, 6) is 0.703. The minimum absolute atomic E-state index is 0.0513. The molecule has 0 aromatic carbocycles. The first kappa shape index (κ1) is 15.5. The zero-order chi connectivity index (χ0) is 14.7. The SMILES string of the molecule is CC(C)C(C(C)C)=[N+]1N=C([O-])CC1OC1CCCCC1. The predicted octanol–water partition coefficient (Wildman–Crippen LogP) is 2.50. The Bertz CT molecular complexity index is 383. The average Bonchev–Trinajstić information content (AvgIpc) is 2.70. The molecular formula is C16H28N2O2. The summed E-state index contributed by atoms with van der Waals surface area (Å²) in [5.41, 5.74) is 1.21. The van der Waals surface area contributed by atoms with Gasteiger partial charge in [-0.3, -0.25) is 0 Å². The molecule has 1 aliphatic carbocycles. The molecule has 1 unspecified atom stereocenters. The summed E-state index contributed by atoms with van der Waals surface area (Å²) in [6.07, 6.45) is 6.57. The highest BCUT2D eigenvalue weighted by Crippen LogP contribution is 2.25. The predicted molar refractivity (Wildman–Crippen MR) is 78.7 cm³/mol. The van der Waals surface area contributed by atoms with E-state index in [1.54, 1.807) is 0 Å². The lowest BCUT2D eigenvalue weighted by Crippen LogP contribution is -2.36. The molecule has 4 nitrogen and oxygen atoms in total. The lowest BCUT2D eigenvalue weighted by Gasteiger charge is -2.24. The van der Waals surface area contributed by atoms with Gasteiger partial charge in [0.15, 0.2) is 5.71 Å². The summed E-state index contributed by atoms with van der Waals surface area (Å²) in [7, 11) is 0. The van der Waals surface area contributed by atoms with Crippen molar-refractivity contribution < 1.29 is 14.5 Å².